The first-order valence-corrected chi connectivity index (χ1v) is 6.98. The molecule has 126 valence electrons. The average molecular weight is 333 g/mol. The van der Waals surface area contributed by atoms with E-state index in [2.05, 4.69) is 15.6 Å². The van der Waals surface area contributed by atoms with Crippen molar-refractivity contribution in [2.45, 2.75) is 38.8 Å². The summed E-state index contributed by atoms with van der Waals surface area (Å²) in [4.78, 5) is 25.0. The van der Waals surface area contributed by atoms with Gasteiger partial charge in [-0.05, 0) is 12.8 Å². The van der Waals surface area contributed by atoms with Gasteiger partial charge in [0.15, 0.2) is 5.69 Å². The van der Waals surface area contributed by atoms with Gasteiger partial charge >= 0.3 is 0 Å². The Labute approximate surface area is 136 Å². The maximum Gasteiger partial charge on any atom is 0.273 e. The zero-order chi connectivity index (χ0) is 16.0. The molecule has 1 rings (SSSR count). The van der Waals surface area contributed by atoms with E-state index in [1.165, 1.54) is 15.8 Å². The Bertz CT molecular complexity index is 498. The highest BCUT2D eigenvalue weighted by molar-refractivity contribution is 5.92. The van der Waals surface area contributed by atoms with Crippen LogP contribution in [0, 0.1) is 0 Å². The van der Waals surface area contributed by atoms with Crippen molar-refractivity contribution in [3.63, 3.8) is 0 Å². The topological polar surface area (TPSA) is 106 Å². The van der Waals surface area contributed by atoms with E-state index in [0.29, 0.717) is 6.54 Å². The molecule has 0 aliphatic carbocycles. The predicted molar refractivity (Wildman–Crippen MR) is 85.8 cm³/mol. The number of carbonyl (C=O) groups excluding carboxylic acids is 2. The molecular weight excluding hydrogens is 308 g/mol. The first-order chi connectivity index (χ1) is 9.81. The minimum Gasteiger partial charge on any atom is -0.349 e. The number of halogens is 1. The van der Waals surface area contributed by atoms with Crippen LogP contribution in [0.1, 0.15) is 37.2 Å². The predicted octanol–water partition coefficient (Wildman–Crippen LogP) is 0.0354. The van der Waals surface area contributed by atoms with Gasteiger partial charge in [-0.15, -0.1) is 17.5 Å². The van der Waals surface area contributed by atoms with Crippen LogP contribution in [-0.2, 0) is 11.3 Å². The lowest BCUT2D eigenvalue weighted by Gasteiger charge is -2.26. The smallest absolute Gasteiger partial charge is 0.273 e. The molecule has 0 aromatic carbocycles. The summed E-state index contributed by atoms with van der Waals surface area (Å²) >= 11 is 0. The molecule has 0 radical (unpaired) electrons. The fourth-order valence-corrected chi connectivity index (χ4v) is 1.61. The molecule has 0 spiro atoms. The summed E-state index contributed by atoms with van der Waals surface area (Å²) in [5.74, 6) is -0.458. The van der Waals surface area contributed by atoms with E-state index in [1.54, 1.807) is 14.1 Å². The zero-order valence-corrected chi connectivity index (χ0v) is 14.3. The van der Waals surface area contributed by atoms with Gasteiger partial charge in [0.2, 0.25) is 5.91 Å². The third-order valence-corrected chi connectivity index (χ3v) is 3.58. The van der Waals surface area contributed by atoms with Crippen LogP contribution in [-0.4, -0.2) is 57.9 Å². The van der Waals surface area contributed by atoms with Crippen molar-refractivity contribution >= 4 is 24.2 Å². The van der Waals surface area contributed by atoms with Gasteiger partial charge in [0, 0.05) is 26.2 Å². The van der Waals surface area contributed by atoms with Crippen molar-refractivity contribution in [1.29, 1.82) is 0 Å². The number of rotatable bonds is 7. The summed E-state index contributed by atoms with van der Waals surface area (Å²) in [5.41, 5.74) is 5.89. The van der Waals surface area contributed by atoms with E-state index in [9.17, 15) is 9.59 Å². The van der Waals surface area contributed by atoms with Crippen LogP contribution in [0.4, 0.5) is 0 Å². The Morgan fingerprint density at radius 1 is 1.36 bits per heavy atom. The highest BCUT2D eigenvalue weighted by Crippen LogP contribution is 2.09. The van der Waals surface area contributed by atoms with E-state index in [-0.39, 0.29) is 36.5 Å². The van der Waals surface area contributed by atoms with Gasteiger partial charge in [0.1, 0.15) is 6.54 Å². The molecule has 0 saturated heterocycles. The third-order valence-electron chi connectivity index (χ3n) is 3.58. The average Bonchev–Trinajstić information content (AvgIpc) is 2.92. The fourth-order valence-electron chi connectivity index (χ4n) is 1.61. The lowest BCUT2D eigenvalue weighted by Crippen LogP contribution is -2.49. The van der Waals surface area contributed by atoms with Gasteiger partial charge in [-0.2, -0.15) is 0 Å². The number of nitrogens with zero attached hydrogens (tertiary/aromatic N) is 4. The molecule has 0 unspecified atom stereocenters. The molecule has 0 bridgehead atoms. The van der Waals surface area contributed by atoms with Gasteiger partial charge in [-0.1, -0.05) is 19.1 Å². The minimum absolute atomic E-state index is 0. The maximum atomic E-state index is 12.0. The molecule has 0 aliphatic rings. The monoisotopic (exact) mass is 332 g/mol. The van der Waals surface area contributed by atoms with Gasteiger partial charge in [-0.3, -0.25) is 9.59 Å². The largest absolute Gasteiger partial charge is 0.349 e. The van der Waals surface area contributed by atoms with Crippen LogP contribution in [0.15, 0.2) is 6.20 Å². The van der Waals surface area contributed by atoms with Gasteiger partial charge < -0.3 is 16.0 Å². The molecule has 1 heterocycles. The standard InChI is InChI=1S/C13H24N6O2.ClH/c1-5-13(14,6-2)9-15-12(21)10-7-19(17-16-10)8-11(20)18(3)4;/h7H,5-6,8-9,14H2,1-4H3,(H,15,21);1H. The number of nitrogens with one attached hydrogen (secondary N) is 1. The summed E-state index contributed by atoms with van der Waals surface area (Å²) < 4.78 is 1.34. The van der Waals surface area contributed by atoms with Gasteiger partial charge in [0.05, 0.1) is 6.20 Å². The Morgan fingerprint density at radius 2 is 1.95 bits per heavy atom. The maximum absolute atomic E-state index is 12.0. The summed E-state index contributed by atoms with van der Waals surface area (Å²) in [6.07, 6.45) is 2.99. The molecular formula is C13H25ClN6O2. The van der Waals surface area contributed by atoms with Crippen molar-refractivity contribution in [2.75, 3.05) is 20.6 Å². The van der Waals surface area contributed by atoms with Gasteiger partial charge in [0.25, 0.3) is 5.91 Å². The van der Waals surface area contributed by atoms with Crippen molar-refractivity contribution in [2.24, 2.45) is 5.73 Å². The quantitative estimate of drug-likeness (QED) is 0.733. The van der Waals surface area contributed by atoms with Crippen LogP contribution in [0.3, 0.4) is 0 Å². The van der Waals surface area contributed by atoms with E-state index >= 15 is 0 Å². The Morgan fingerprint density at radius 3 is 2.45 bits per heavy atom. The molecule has 8 nitrogen and oxygen atoms in total. The third kappa shape index (κ3) is 5.61. The normalized spacial score (nSPS) is 10.8. The number of likely N-dealkylation sites (N-methyl/N-ethyl adjacent to an activating group) is 1. The molecule has 0 aliphatic heterocycles. The SMILES string of the molecule is CCC(N)(CC)CNC(=O)c1cn(CC(=O)N(C)C)nn1.Cl. The van der Waals surface area contributed by atoms with Crippen LogP contribution < -0.4 is 11.1 Å². The number of hydrogen-bond donors (Lipinski definition) is 2. The van der Waals surface area contributed by atoms with E-state index in [4.69, 9.17) is 5.73 Å². The Hall–Kier alpha value is -1.67. The van der Waals surface area contributed by atoms with Crippen LogP contribution >= 0.6 is 12.4 Å². The zero-order valence-electron chi connectivity index (χ0n) is 13.5. The molecule has 2 amide bonds. The summed E-state index contributed by atoms with van der Waals surface area (Å²) in [6.45, 7) is 4.40. The minimum atomic E-state index is -0.410. The molecule has 9 heteroatoms. The lowest BCUT2D eigenvalue weighted by molar-refractivity contribution is -0.129. The highest BCUT2D eigenvalue weighted by Gasteiger charge is 2.22. The molecule has 0 atom stereocenters. The fraction of sp³-hybridized carbons (Fsp3) is 0.692. The second kappa shape index (κ2) is 8.70. The Kier molecular flexibility index (Phi) is 8.04. The number of amides is 2. The van der Waals surface area contributed by atoms with Crippen molar-refractivity contribution in [3.8, 4) is 0 Å². The molecule has 3 N–H and O–H groups in total. The first-order valence-electron chi connectivity index (χ1n) is 6.98. The number of aromatic nitrogens is 3. The molecule has 0 saturated carbocycles. The second-order valence-electron chi connectivity index (χ2n) is 5.34. The Balaban J connectivity index is 0.00000441. The molecule has 1 aromatic rings. The van der Waals surface area contributed by atoms with Crippen molar-refractivity contribution in [1.82, 2.24) is 25.2 Å². The molecule has 1 aromatic heterocycles. The highest BCUT2D eigenvalue weighted by atomic mass is 35.5. The summed E-state index contributed by atoms with van der Waals surface area (Å²) in [5, 5.41) is 10.3. The summed E-state index contributed by atoms with van der Waals surface area (Å²) in [6, 6.07) is 0. The van der Waals surface area contributed by atoms with Crippen LogP contribution in [0.25, 0.3) is 0 Å². The van der Waals surface area contributed by atoms with E-state index < -0.39 is 5.54 Å². The van der Waals surface area contributed by atoms with E-state index in [1.807, 2.05) is 13.8 Å². The van der Waals surface area contributed by atoms with Crippen molar-refractivity contribution in [3.05, 3.63) is 11.9 Å². The van der Waals surface area contributed by atoms with E-state index in [0.717, 1.165) is 12.8 Å². The molecule has 22 heavy (non-hydrogen) atoms. The first kappa shape index (κ1) is 20.3. The van der Waals surface area contributed by atoms with Crippen molar-refractivity contribution < 1.29 is 9.59 Å². The van der Waals surface area contributed by atoms with Crippen LogP contribution in [0.2, 0.25) is 0 Å². The number of nitrogens with two attached hydrogens (primary N) is 1. The number of carbonyl (C=O) groups is 2. The lowest BCUT2D eigenvalue weighted by atomic mass is 9.94. The second-order valence-corrected chi connectivity index (χ2v) is 5.34. The summed E-state index contributed by atoms with van der Waals surface area (Å²) in [7, 11) is 3.31. The number of hydrogen-bond acceptors (Lipinski definition) is 5. The molecule has 0 fully saturated rings. The van der Waals surface area contributed by atoms with Gasteiger partial charge in [-0.25, -0.2) is 4.68 Å². The van der Waals surface area contributed by atoms with Crippen LogP contribution in [0.5, 0.6) is 0 Å².